The summed E-state index contributed by atoms with van der Waals surface area (Å²) >= 11 is 3.38. The maximum atomic E-state index is 12.1. The molecule has 4 heteroatoms. The van der Waals surface area contributed by atoms with E-state index in [0.29, 0.717) is 12.6 Å². The number of benzene rings is 1. The molecular formula is C14H18BrNO2. The second kappa shape index (κ2) is 6.45. The summed E-state index contributed by atoms with van der Waals surface area (Å²) in [6, 6.07) is 7.53. The highest BCUT2D eigenvalue weighted by molar-refractivity contribution is 9.10. The zero-order chi connectivity index (χ0) is 13.0. The SMILES string of the molecule is CN(CC(=O)c1cccc(Br)c1)CC1CCCO1. The number of rotatable bonds is 5. The van der Waals surface area contributed by atoms with E-state index in [2.05, 4.69) is 15.9 Å². The first kappa shape index (κ1) is 13.7. The second-order valence-electron chi connectivity index (χ2n) is 4.77. The molecule has 98 valence electrons. The molecule has 0 aromatic heterocycles. The number of carbonyl (C=O) groups is 1. The molecule has 0 N–H and O–H groups in total. The Bertz CT molecular complexity index is 416. The molecule has 1 heterocycles. The minimum atomic E-state index is 0.150. The first-order chi connectivity index (χ1) is 8.65. The van der Waals surface area contributed by atoms with Crippen molar-refractivity contribution in [1.82, 2.24) is 4.90 Å². The molecule has 1 saturated heterocycles. The summed E-state index contributed by atoms with van der Waals surface area (Å²) in [5.74, 6) is 0.150. The van der Waals surface area contributed by atoms with Crippen LogP contribution in [0, 0.1) is 0 Å². The third-order valence-electron chi connectivity index (χ3n) is 3.10. The van der Waals surface area contributed by atoms with E-state index in [1.807, 2.05) is 36.2 Å². The van der Waals surface area contributed by atoms with Crippen molar-refractivity contribution in [1.29, 1.82) is 0 Å². The van der Waals surface area contributed by atoms with Gasteiger partial charge in [-0.25, -0.2) is 0 Å². The summed E-state index contributed by atoms with van der Waals surface area (Å²) in [5.41, 5.74) is 0.753. The predicted octanol–water partition coefficient (Wildman–Crippen LogP) is 2.74. The zero-order valence-electron chi connectivity index (χ0n) is 10.6. The Morgan fingerprint density at radius 2 is 2.39 bits per heavy atom. The van der Waals surface area contributed by atoms with Crippen molar-refractivity contribution in [2.24, 2.45) is 0 Å². The fraction of sp³-hybridized carbons (Fsp3) is 0.500. The lowest BCUT2D eigenvalue weighted by Gasteiger charge is -2.19. The van der Waals surface area contributed by atoms with E-state index in [-0.39, 0.29) is 5.78 Å². The summed E-state index contributed by atoms with van der Waals surface area (Å²) in [7, 11) is 1.97. The van der Waals surface area contributed by atoms with Crippen molar-refractivity contribution in [3.05, 3.63) is 34.3 Å². The van der Waals surface area contributed by atoms with Gasteiger partial charge in [0.1, 0.15) is 0 Å². The van der Waals surface area contributed by atoms with Gasteiger partial charge in [0.05, 0.1) is 12.6 Å². The molecule has 2 rings (SSSR count). The molecule has 18 heavy (non-hydrogen) atoms. The van der Waals surface area contributed by atoms with Crippen LogP contribution in [0.1, 0.15) is 23.2 Å². The molecule has 1 fully saturated rings. The Kier molecular flexibility index (Phi) is 4.92. The van der Waals surface area contributed by atoms with E-state index in [1.165, 1.54) is 0 Å². The number of nitrogens with zero attached hydrogens (tertiary/aromatic N) is 1. The molecule has 1 aromatic rings. The van der Waals surface area contributed by atoms with Crippen molar-refractivity contribution in [3.8, 4) is 0 Å². The topological polar surface area (TPSA) is 29.5 Å². The normalized spacial score (nSPS) is 19.4. The lowest BCUT2D eigenvalue weighted by atomic mass is 10.1. The molecule has 0 saturated carbocycles. The first-order valence-corrected chi connectivity index (χ1v) is 7.03. The third-order valence-corrected chi connectivity index (χ3v) is 3.59. The van der Waals surface area contributed by atoms with Gasteiger partial charge in [-0.15, -0.1) is 0 Å². The van der Waals surface area contributed by atoms with Crippen molar-refractivity contribution in [2.75, 3.05) is 26.7 Å². The molecule has 1 aromatic carbocycles. The highest BCUT2D eigenvalue weighted by Crippen LogP contribution is 2.14. The van der Waals surface area contributed by atoms with Gasteiger partial charge in [-0.2, -0.15) is 0 Å². The number of hydrogen-bond donors (Lipinski definition) is 0. The van der Waals surface area contributed by atoms with Crippen LogP contribution in [0.25, 0.3) is 0 Å². The van der Waals surface area contributed by atoms with E-state index < -0.39 is 0 Å². The molecule has 1 unspecified atom stereocenters. The van der Waals surface area contributed by atoms with Gasteiger partial charge < -0.3 is 4.74 Å². The lowest BCUT2D eigenvalue weighted by molar-refractivity contribution is 0.0740. The average molecular weight is 312 g/mol. The highest BCUT2D eigenvalue weighted by Gasteiger charge is 2.18. The first-order valence-electron chi connectivity index (χ1n) is 6.24. The molecule has 0 radical (unpaired) electrons. The summed E-state index contributed by atoms with van der Waals surface area (Å²) in [6.07, 6.45) is 2.54. The number of carbonyl (C=O) groups excluding carboxylic acids is 1. The highest BCUT2D eigenvalue weighted by atomic mass is 79.9. The molecular weight excluding hydrogens is 294 g/mol. The maximum absolute atomic E-state index is 12.1. The van der Waals surface area contributed by atoms with Crippen LogP contribution in [0.4, 0.5) is 0 Å². The van der Waals surface area contributed by atoms with Gasteiger partial charge in [-0.1, -0.05) is 28.1 Å². The van der Waals surface area contributed by atoms with Crippen LogP contribution < -0.4 is 0 Å². The van der Waals surface area contributed by atoms with Gasteiger partial charge in [0.25, 0.3) is 0 Å². The summed E-state index contributed by atoms with van der Waals surface area (Å²) in [6.45, 7) is 2.13. The molecule has 1 aliphatic rings. The second-order valence-corrected chi connectivity index (χ2v) is 5.68. The van der Waals surface area contributed by atoms with Crippen molar-refractivity contribution < 1.29 is 9.53 Å². The smallest absolute Gasteiger partial charge is 0.176 e. The standard InChI is InChI=1S/C14H18BrNO2/c1-16(9-13-6-3-7-18-13)10-14(17)11-4-2-5-12(15)8-11/h2,4-5,8,13H,3,6-7,9-10H2,1H3. The van der Waals surface area contributed by atoms with Crippen LogP contribution in [0.3, 0.4) is 0 Å². The predicted molar refractivity (Wildman–Crippen MR) is 74.9 cm³/mol. The van der Waals surface area contributed by atoms with E-state index in [0.717, 1.165) is 36.0 Å². The number of Topliss-reactive ketones (excluding diaryl/α,β-unsaturated/α-hetero) is 1. The average Bonchev–Trinajstić information content (AvgIpc) is 2.81. The van der Waals surface area contributed by atoms with Crippen LogP contribution in [-0.4, -0.2) is 43.5 Å². The summed E-state index contributed by atoms with van der Waals surface area (Å²) in [4.78, 5) is 14.1. The van der Waals surface area contributed by atoms with E-state index in [4.69, 9.17) is 4.74 Å². The zero-order valence-corrected chi connectivity index (χ0v) is 12.1. The van der Waals surface area contributed by atoms with Crippen molar-refractivity contribution in [3.63, 3.8) is 0 Å². The van der Waals surface area contributed by atoms with Gasteiger partial charge in [0.15, 0.2) is 5.78 Å². The van der Waals surface area contributed by atoms with Crippen LogP contribution in [0.2, 0.25) is 0 Å². The van der Waals surface area contributed by atoms with Gasteiger partial charge in [0.2, 0.25) is 0 Å². The molecule has 0 spiro atoms. The van der Waals surface area contributed by atoms with E-state index >= 15 is 0 Å². The Balaban J connectivity index is 1.86. The van der Waals surface area contributed by atoms with Gasteiger partial charge in [-0.3, -0.25) is 9.69 Å². The van der Waals surface area contributed by atoms with Gasteiger partial charge in [0, 0.05) is 23.2 Å². The maximum Gasteiger partial charge on any atom is 0.176 e. The monoisotopic (exact) mass is 311 g/mol. The molecule has 0 amide bonds. The van der Waals surface area contributed by atoms with Crippen LogP contribution in [0.5, 0.6) is 0 Å². The number of ether oxygens (including phenoxy) is 1. The van der Waals surface area contributed by atoms with Crippen LogP contribution >= 0.6 is 15.9 Å². The van der Waals surface area contributed by atoms with E-state index in [1.54, 1.807) is 0 Å². The van der Waals surface area contributed by atoms with Crippen molar-refractivity contribution in [2.45, 2.75) is 18.9 Å². The lowest BCUT2D eigenvalue weighted by Crippen LogP contribution is -2.33. The fourth-order valence-electron chi connectivity index (χ4n) is 2.20. The summed E-state index contributed by atoms with van der Waals surface area (Å²) in [5, 5.41) is 0. The third kappa shape index (κ3) is 3.90. The number of ketones is 1. The largest absolute Gasteiger partial charge is 0.377 e. The number of halogens is 1. The Hall–Kier alpha value is -0.710. The van der Waals surface area contributed by atoms with Crippen molar-refractivity contribution >= 4 is 21.7 Å². The molecule has 1 atom stereocenters. The molecule has 1 aliphatic heterocycles. The number of likely N-dealkylation sites (N-methyl/N-ethyl adjacent to an activating group) is 1. The van der Waals surface area contributed by atoms with Crippen LogP contribution in [0.15, 0.2) is 28.7 Å². The fourth-order valence-corrected chi connectivity index (χ4v) is 2.60. The Labute approximate surface area is 116 Å². The Morgan fingerprint density at radius 1 is 1.56 bits per heavy atom. The molecule has 0 bridgehead atoms. The van der Waals surface area contributed by atoms with Gasteiger partial charge >= 0.3 is 0 Å². The minimum Gasteiger partial charge on any atom is -0.377 e. The molecule has 0 aliphatic carbocycles. The minimum absolute atomic E-state index is 0.150. The Morgan fingerprint density at radius 3 is 3.06 bits per heavy atom. The quantitative estimate of drug-likeness (QED) is 0.783. The van der Waals surface area contributed by atoms with E-state index in [9.17, 15) is 4.79 Å². The number of hydrogen-bond acceptors (Lipinski definition) is 3. The summed E-state index contributed by atoms with van der Waals surface area (Å²) < 4.78 is 6.51. The molecule has 3 nitrogen and oxygen atoms in total. The van der Waals surface area contributed by atoms with Crippen LogP contribution in [-0.2, 0) is 4.74 Å². The van der Waals surface area contributed by atoms with Gasteiger partial charge in [-0.05, 0) is 32.0 Å².